The zero-order chi connectivity index (χ0) is 25.2. The number of aromatic nitrogens is 1. The number of para-hydroxylation sites is 1. The molecule has 2 aliphatic heterocycles. The van der Waals surface area contributed by atoms with Gasteiger partial charge in [0.05, 0.1) is 6.04 Å². The summed E-state index contributed by atoms with van der Waals surface area (Å²) in [5, 5.41) is 24.7. The van der Waals surface area contributed by atoms with Gasteiger partial charge in [-0.05, 0) is 92.9 Å². The number of nitrogens with one attached hydrogen (secondary N) is 2. The number of urea groups is 1. The van der Waals surface area contributed by atoms with E-state index in [1.807, 2.05) is 6.07 Å². The lowest BCUT2D eigenvalue weighted by atomic mass is 9.84. The van der Waals surface area contributed by atoms with Gasteiger partial charge in [-0.3, -0.25) is 4.90 Å². The average Bonchev–Trinajstić information content (AvgIpc) is 3.31. The van der Waals surface area contributed by atoms with Crippen molar-refractivity contribution in [1.82, 2.24) is 14.8 Å². The van der Waals surface area contributed by atoms with Gasteiger partial charge in [0, 0.05) is 35.9 Å². The number of hydrogen-bond acceptors (Lipinski definition) is 4. The van der Waals surface area contributed by atoms with Gasteiger partial charge in [-0.2, -0.15) is 0 Å². The summed E-state index contributed by atoms with van der Waals surface area (Å²) in [5.74, 6) is 0.259. The van der Waals surface area contributed by atoms with Gasteiger partial charge in [0.15, 0.2) is 6.29 Å². The first-order chi connectivity index (χ1) is 17.4. The molecule has 2 aromatic carbocycles. The van der Waals surface area contributed by atoms with Crippen LogP contribution in [-0.2, 0) is 0 Å². The lowest BCUT2D eigenvalue weighted by molar-refractivity contribution is -0.126. The monoisotopic (exact) mass is 494 g/mol. The van der Waals surface area contributed by atoms with Gasteiger partial charge >= 0.3 is 6.03 Å². The number of fused-ring (bicyclic) bond motifs is 1. The molecule has 8 heteroatoms. The molecule has 1 atom stereocenters. The molecule has 2 amide bonds. The summed E-state index contributed by atoms with van der Waals surface area (Å²) in [6.45, 7) is 4.39. The number of aryl methyl sites for hydroxylation is 1. The van der Waals surface area contributed by atoms with Gasteiger partial charge in [-0.25, -0.2) is 9.18 Å². The number of amides is 2. The Morgan fingerprint density at radius 3 is 2.47 bits per heavy atom. The van der Waals surface area contributed by atoms with E-state index in [4.69, 9.17) is 0 Å². The van der Waals surface area contributed by atoms with Crippen molar-refractivity contribution >= 4 is 22.6 Å². The lowest BCUT2D eigenvalue weighted by Crippen LogP contribution is -2.54. The molecule has 1 aromatic heterocycles. The van der Waals surface area contributed by atoms with Gasteiger partial charge in [0.1, 0.15) is 5.82 Å². The number of halogens is 1. The number of benzene rings is 2. The molecule has 2 fully saturated rings. The maximum absolute atomic E-state index is 13.5. The summed E-state index contributed by atoms with van der Waals surface area (Å²) < 4.78 is 13.5. The van der Waals surface area contributed by atoms with E-state index in [1.165, 1.54) is 17.0 Å². The van der Waals surface area contributed by atoms with Crippen molar-refractivity contribution in [3.63, 3.8) is 0 Å². The van der Waals surface area contributed by atoms with Gasteiger partial charge < -0.3 is 25.4 Å². The summed E-state index contributed by atoms with van der Waals surface area (Å²) in [6.07, 6.45) is 4.08. The number of likely N-dealkylation sites (tertiary alicyclic amines) is 2. The van der Waals surface area contributed by atoms with Crippen molar-refractivity contribution in [2.75, 3.05) is 31.5 Å². The molecule has 1 unspecified atom stereocenters. The summed E-state index contributed by atoms with van der Waals surface area (Å²) in [5.41, 5.74) is 3.56. The number of rotatable bonds is 5. The average molecular weight is 495 g/mol. The van der Waals surface area contributed by atoms with Gasteiger partial charge in [0.25, 0.3) is 0 Å². The van der Waals surface area contributed by atoms with Crippen molar-refractivity contribution in [2.24, 2.45) is 5.92 Å². The van der Waals surface area contributed by atoms with Crippen LogP contribution in [0.15, 0.2) is 48.7 Å². The van der Waals surface area contributed by atoms with Crippen LogP contribution in [0.5, 0.6) is 0 Å². The second kappa shape index (κ2) is 10.6. The van der Waals surface area contributed by atoms with E-state index in [0.29, 0.717) is 43.1 Å². The number of hydrogen-bond donors (Lipinski definition) is 4. The number of carbonyl (C=O) groups excluding carboxylic acids is 1. The normalized spacial score (nSPS) is 19.2. The Morgan fingerprint density at radius 2 is 1.78 bits per heavy atom. The quantitative estimate of drug-likeness (QED) is 0.395. The van der Waals surface area contributed by atoms with Crippen molar-refractivity contribution in [2.45, 2.75) is 50.9 Å². The van der Waals surface area contributed by atoms with Crippen LogP contribution in [0, 0.1) is 18.7 Å². The number of aromatic amines is 1. The predicted octanol–water partition coefficient (Wildman–Crippen LogP) is 4.42. The van der Waals surface area contributed by atoms with Crippen molar-refractivity contribution in [1.29, 1.82) is 0 Å². The zero-order valence-electron chi connectivity index (χ0n) is 20.7. The third kappa shape index (κ3) is 5.12. The highest BCUT2D eigenvalue weighted by Crippen LogP contribution is 2.36. The highest BCUT2D eigenvalue weighted by atomic mass is 19.1. The summed E-state index contributed by atoms with van der Waals surface area (Å²) in [6, 6.07) is 12.4. The molecule has 0 bridgehead atoms. The van der Waals surface area contributed by atoms with Crippen molar-refractivity contribution in [3.05, 3.63) is 65.6 Å². The maximum Gasteiger partial charge on any atom is 0.321 e. The van der Waals surface area contributed by atoms with E-state index in [1.54, 1.807) is 24.0 Å². The fraction of sp³-hybridized carbons (Fsp3) is 0.464. The van der Waals surface area contributed by atoms with Crippen LogP contribution in [0.2, 0.25) is 0 Å². The molecule has 192 valence electrons. The smallest absolute Gasteiger partial charge is 0.321 e. The Morgan fingerprint density at radius 1 is 1.06 bits per heavy atom. The van der Waals surface area contributed by atoms with E-state index in [0.717, 1.165) is 31.4 Å². The number of aliphatic hydroxyl groups excluding tert-OH is 1. The SMILES string of the molecule is Cc1cc(NC(=O)N2CCC(C(C(O)O)N3CCC(c4c[nH]c5ccccc45)CC3)CC2)ccc1F. The minimum absolute atomic E-state index is 0.103. The first kappa shape index (κ1) is 24.7. The van der Waals surface area contributed by atoms with Crippen LogP contribution in [0.25, 0.3) is 10.9 Å². The third-order valence-corrected chi connectivity index (χ3v) is 8.04. The van der Waals surface area contributed by atoms with Gasteiger partial charge in [-0.15, -0.1) is 0 Å². The topological polar surface area (TPSA) is 91.8 Å². The molecule has 2 aliphatic rings. The molecule has 3 aromatic rings. The number of H-pyrrole nitrogens is 1. The van der Waals surface area contributed by atoms with E-state index < -0.39 is 6.29 Å². The van der Waals surface area contributed by atoms with E-state index in [-0.39, 0.29) is 23.8 Å². The molecule has 3 heterocycles. The van der Waals surface area contributed by atoms with E-state index >= 15 is 0 Å². The summed E-state index contributed by atoms with van der Waals surface area (Å²) in [4.78, 5) is 20.1. The molecular weight excluding hydrogens is 459 g/mol. The number of carbonyl (C=O) groups is 1. The van der Waals surface area contributed by atoms with Crippen LogP contribution >= 0.6 is 0 Å². The molecule has 2 saturated heterocycles. The standard InChI is InChI=1S/C28H35FN4O3/c1-18-16-21(6-7-24(18)29)31-28(36)33-14-10-20(11-15-33)26(27(34)35)32-12-8-19(9-13-32)23-17-30-25-5-3-2-4-22(23)25/h2-7,16-17,19-20,26-27,30,34-35H,8-15H2,1H3,(H,31,36). The molecule has 4 N–H and O–H groups in total. The first-order valence-corrected chi connectivity index (χ1v) is 12.9. The van der Waals surface area contributed by atoms with Crippen LogP contribution in [-0.4, -0.2) is 69.5 Å². The molecule has 0 spiro atoms. The van der Waals surface area contributed by atoms with Crippen molar-refractivity contribution < 1.29 is 19.4 Å². The number of nitrogens with zero attached hydrogens (tertiary/aromatic N) is 2. The molecule has 7 nitrogen and oxygen atoms in total. The number of piperidine rings is 2. The van der Waals surface area contributed by atoms with Crippen molar-refractivity contribution in [3.8, 4) is 0 Å². The largest absolute Gasteiger partial charge is 0.367 e. The fourth-order valence-corrected chi connectivity index (χ4v) is 6.04. The minimum atomic E-state index is -1.41. The maximum atomic E-state index is 13.5. The predicted molar refractivity (Wildman–Crippen MR) is 138 cm³/mol. The molecule has 0 radical (unpaired) electrons. The summed E-state index contributed by atoms with van der Waals surface area (Å²) >= 11 is 0. The number of anilines is 1. The summed E-state index contributed by atoms with van der Waals surface area (Å²) in [7, 11) is 0. The molecule has 36 heavy (non-hydrogen) atoms. The van der Waals surface area contributed by atoms with E-state index in [2.05, 4.69) is 39.6 Å². The highest BCUT2D eigenvalue weighted by molar-refractivity contribution is 5.89. The van der Waals surface area contributed by atoms with Crippen LogP contribution in [0.3, 0.4) is 0 Å². The van der Waals surface area contributed by atoms with Crippen LogP contribution < -0.4 is 5.32 Å². The Labute approximate surface area is 210 Å². The zero-order valence-corrected chi connectivity index (χ0v) is 20.7. The Bertz CT molecular complexity index is 1200. The molecule has 5 rings (SSSR count). The Hall–Kier alpha value is -2.94. The minimum Gasteiger partial charge on any atom is -0.367 e. The second-order valence-electron chi connectivity index (χ2n) is 10.2. The molecule has 0 saturated carbocycles. The fourth-order valence-electron chi connectivity index (χ4n) is 6.04. The number of aliphatic hydroxyl groups is 2. The first-order valence-electron chi connectivity index (χ1n) is 12.9. The Balaban J connectivity index is 1.16. The molecular formula is C28H35FN4O3. The van der Waals surface area contributed by atoms with Gasteiger partial charge in [0.2, 0.25) is 0 Å². The Kier molecular flexibility index (Phi) is 7.27. The molecule has 0 aliphatic carbocycles. The van der Waals surface area contributed by atoms with Gasteiger partial charge in [-0.1, -0.05) is 18.2 Å². The van der Waals surface area contributed by atoms with Crippen LogP contribution in [0.4, 0.5) is 14.9 Å². The van der Waals surface area contributed by atoms with E-state index in [9.17, 15) is 19.4 Å². The third-order valence-electron chi connectivity index (χ3n) is 8.04. The highest BCUT2D eigenvalue weighted by Gasteiger charge is 2.37. The second-order valence-corrected chi connectivity index (χ2v) is 10.2. The lowest BCUT2D eigenvalue weighted by Gasteiger charge is -2.44. The van der Waals surface area contributed by atoms with Crippen LogP contribution in [0.1, 0.15) is 42.7 Å².